The van der Waals surface area contributed by atoms with Crippen LogP contribution in [0.25, 0.3) is 0 Å². The van der Waals surface area contributed by atoms with Crippen LogP contribution >= 0.6 is 0 Å². The summed E-state index contributed by atoms with van der Waals surface area (Å²) >= 11 is 0. The van der Waals surface area contributed by atoms with E-state index in [0.29, 0.717) is 30.2 Å². The lowest BCUT2D eigenvalue weighted by molar-refractivity contribution is 0.0954. The summed E-state index contributed by atoms with van der Waals surface area (Å²) in [6.07, 6.45) is 0.547. The van der Waals surface area contributed by atoms with Crippen LogP contribution in [-0.4, -0.2) is 29.1 Å². The van der Waals surface area contributed by atoms with Crippen molar-refractivity contribution in [2.75, 3.05) is 18.4 Å². The quantitative estimate of drug-likeness (QED) is 0.850. The molecule has 1 heterocycles. The highest BCUT2D eigenvalue weighted by molar-refractivity contribution is 5.99. The summed E-state index contributed by atoms with van der Waals surface area (Å²) in [6.45, 7) is 6.98. The molecule has 0 saturated heterocycles. The number of anilines is 1. The minimum absolute atomic E-state index is 0.105. The number of benzene rings is 1. The Hall–Kier alpha value is -2.37. The van der Waals surface area contributed by atoms with E-state index in [0.717, 1.165) is 17.8 Å². The molecule has 1 aromatic heterocycles. The maximum absolute atomic E-state index is 12.2. The highest BCUT2D eigenvalue weighted by atomic mass is 16.5. The van der Waals surface area contributed by atoms with Crippen LogP contribution in [0.1, 0.15) is 34.6 Å². The predicted octanol–water partition coefficient (Wildman–Crippen LogP) is 2.09. The van der Waals surface area contributed by atoms with Crippen molar-refractivity contribution in [1.82, 2.24) is 15.5 Å². The van der Waals surface area contributed by atoms with Gasteiger partial charge < -0.3 is 15.2 Å². The Morgan fingerprint density at radius 2 is 2.14 bits per heavy atom. The van der Waals surface area contributed by atoms with Crippen LogP contribution < -0.4 is 10.6 Å². The van der Waals surface area contributed by atoms with Gasteiger partial charge in [0, 0.05) is 32.1 Å². The maximum Gasteiger partial charge on any atom is 0.253 e. The highest BCUT2D eigenvalue weighted by Gasteiger charge is 2.11. The molecule has 6 heteroatoms. The molecule has 0 atom stereocenters. The molecule has 0 aliphatic carbocycles. The number of aromatic nitrogens is 2. The average Bonchev–Trinajstić information content (AvgIpc) is 2.85. The summed E-state index contributed by atoms with van der Waals surface area (Å²) in [7, 11) is 0. The van der Waals surface area contributed by atoms with Gasteiger partial charge in [0.15, 0.2) is 5.82 Å². The van der Waals surface area contributed by atoms with E-state index in [4.69, 9.17) is 4.52 Å². The molecule has 2 aromatic rings. The number of carbonyl (C=O) groups excluding carboxylic acids is 1. The molecule has 6 nitrogen and oxygen atoms in total. The summed E-state index contributed by atoms with van der Waals surface area (Å²) in [5.74, 6) is 1.03. The van der Waals surface area contributed by atoms with Crippen molar-refractivity contribution in [1.29, 1.82) is 0 Å². The Kier molecular flexibility index (Phi) is 4.92. The zero-order valence-electron chi connectivity index (χ0n) is 12.6. The van der Waals surface area contributed by atoms with Gasteiger partial charge in [-0.3, -0.25) is 4.79 Å². The largest absolute Gasteiger partial charge is 0.385 e. The number of hydrogen-bond donors (Lipinski definition) is 2. The average molecular weight is 288 g/mol. The topological polar surface area (TPSA) is 80.0 Å². The zero-order valence-corrected chi connectivity index (χ0v) is 12.6. The third kappa shape index (κ3) is 4.05. The van der Waals surface area contributed by atoms with Crippen molar-refractivity contribution in [2.24, 2.45) is 0 Å². The van der Waals surface area contributed by atoms with Gasteiger partial charge in [-0.05, 0) is 31.5 Å². The molecular weight excluding hydrogens is 268 g/mol. The van der Waals surface area contributed by atoms with Crippen LogP contribution in [0.15, 0.2) is 22.7 Å². The monoisotopic (exact) mass is 288 g/mol. The number of aryl methyl sites for hydroxylation is 2. The molecule has 0 unspecified atom stereocenters. The summed E-state index contributed by atoms with van der Waals surface area (Å²) in [6, 6.07) is 5.74. The third-order valence-electron chi connectivity index (χ3n) is 2.99. The Morgan fingerprint density at radius 3 is 2.81 bits per heavy atom. The first-order valence-corrected chi connectivity index (χ1v) is 7.02. The molecule has 0 aliphatic rings. The molecule has 0 radical (unpaired) electrons. The van der Waals surface area contributed by atoms with Crippen LogP contribution in [0.2, 0.25) is 0 Å². The molecule has 0 spiro atoms. The van der Waals surface area contributed by atoms with E-state index in [1.54, 1.807) is 6.92 Å². The molecule has 2 rings (SSSR count). The molecule has 0 aliphatic heterocycles. The standard InChI is InChI=1S/C15H20N4O2/c1-4-16-13-9-10(2)5-6-12(13)15(20)17-8-7-14-18-11(3)21-19-14/h5-6,9,16H,4,7-8H2,1-3H3,(H,17,20). The van der Waals surface area contributed by atoms with Crippen LogP contribution in [0.3, 0.4) is 0 Å². The van der Waals surface area contributed by atoms with E-state index < -0.39 is 0 Å². The fourth-order valence-corrected chi connectivity index (χ4v) is 2.02. The van der Waals surface area contributed by atoms with E-state index >= 15 is 0 Å². The number of hydrogen-bond acceptors (Lipinski definition) is 5. The number of amides is 1. The van der Waals surface area contributed by atoms with Crippen molar-refractivity contribution in [3.05, 3.63) is 41.0 Å². The van der Waals surface area contributed by atoms with Crippen molar-refractivity contribution in [2.45, 2.75) is 27.2 Å². The van der Waals surface area contributed by atoms with E-state index in [2.05, 4.69) is 20.8 Å². The molecule has 0 bridgehead atoms. The second kappa shape index (κ2) is 6.88. The molecular formula is C15H20N4O2. The number of rotatable bonds is 6. The summed E-state index contributed by atoms with van der Waals surface area (Å²) in [4.78, 5) is 16.3. The fourth-order valence-electron chi connectivity index (χ4n) is 2.02. The minimum Gasteiger partial charge on any atom is -0.385 e. The van der Waals surface area contributed by atoms with Gasteiger partial charge in [-0.15, -0.1) is 0 Å². The molecule has 1 amide bonds. The molecule has 1 aromatic carbocycles. The van der Waals surface area contributed by atoms with Crippen LogP contribution in [0, 0.1) is 13.8 Å². The van der Waals surface area contributed by atoms with Gasteiger partial charge in [-0.2, -0.15) is 4.98 Å². The molecule has 0 saturated carbocycles. The van der Waals surface area contributed by atoms with Gasteiger partial charge in [0.2, 0.25) is 5.89 Å². The molecule has 21 heavy (non-hydrogen) atoms. The maximum atomic E-state index is 12.2. The minimum atomic E-state index is -0.105. The first-order valence-electron chi connectivity index (χ1n) is 7.02. The van der Waals surface area contributed by atoms with Crippen molar-refractivity contribution < 1.29 is 9.32 Å². The first-order chi connectivity index (χ1) is 10.1. The van der Waals surface area contributed by atoms with E-state index in [-0.39, 0.29) is 5.91 Å². The Balaban J connectivity index is 1.96. The van der Waals surface area contributed by atoms with Crippen LogP contribution in [-0.2, 0) is 6.42 Å². The fraction of sp³-hybridized carbons (Fsp3) is 0.400. The summed E-state index contributed by atoms with van der Waals surface area (Å²) < 4.78 is 4.89. The molecule has 0 fully saturated rings. The number of nitrogens with zero attached hydrogens (tertiary/aromatic N) is 2. The lowest BCUT2D eigenvalue weighted by Crippen LogP contribution is -2.26. The third-order valence-corrected chi connectivity index (χ3v) is 2.99. The summed E-state index contributed by atoms with van der Waals surface area (Å²) in [5, 5.41) is 9.88. The lowest BCUT2D eigenvalue weighted by Gasteiger charge is -2.11. The van der Waals surface area contributed by atoms with Crippen LogP contribution in [0.4, 0.5) is 5.69 Å². The van der Waals surface area contributed by atoms with Gasteiger partial charge in [0.25, 0.3) is 5.91 Å². The number of nitrogens with one attached hydrogen (secondary N) is 2. The van der Waals surface area contributed by atoms with Crippen molar-refractivity contribution in [3.63, 3.8) is 0 Å². The van der Waals surface area contributed by atoms with Crippen molar-refractivity contribution in [3.8, 4) is 0 Å². The lowest BCUT2D eigenvalue weighted by atomic mass is 10.1. The van der Waals surface area contributed by atoms with Gasteiger partial charge in [-0.25, -0.2) is 0 Å². The normalized spacial score (nSPS) is 10.4. The Morgan fingerprint density at radius 1 is 1.33 bits per heavy atom. The van der Waals surface area contributed by atoms with Gasteiger partial charge in [0.05, 0.1) is 5.56 Å². The van der Waals surface area contributed by atoms with Gasteiger partial charge >= 0.3 is 0 Å². The first kappa shape index (κ1) is 15.0. The Labute approximate surface area is 123 Å². The van der Waals surface area contributed by atoms with E-state index in [1.807, 2.05) is 32.0 Å². The second-order valence-corrected chi connectivity index (χ2v) is 4.81. The second-order valence-electron chi connectivity index (χ2n) is 4.81. The van der Waals surface area contributed by atoms with E-state index in [1.165, 1.54) is 0 Å². The predicted molar refractivity (Wildman–Crippen MR) is 80.4 cm³/mol. The summed E-state index contributed by atoms with van der Waals surface area (Å²) in [5.41, 5.74) is 2.61. The van der Waals surface area contributed by atoms with Gasteiger partial charge in [0.1, 0.15) is 0 Å². The number of carbonyl (C=O) groups is 1. The van der Waals surface area contributed by atoms with E-state index in [9.17, 15) is 4.79 Å². The SMILES string of the molecule is CCNc1cc(C)ccc1C(=O)NCCc1noc(C)n1. The smallest absolute Gasteiger partial charge is 0.253 e. The molecule has 112 valence electrons. The molecule has 2 N–H and O–H groups in total. The highest BCUT2D eigenvalue weighted by Crippen LogP contribution is 2.17. The van der Waals surface area contributed by atoms with Gasteiger partial charge in [-0.1, -0.05) is 11.2 Å². The van der Waals surface area contributed by atoms with Crippen LogP contribution in [0.5, 0.6) is 0 Å². The zero-order chi connectivity index (χ0) is 15.2. The Bertz CT molecular complexity index is 622. The van der Waals surface area contributed by atoms with Crippen molar-refractivity contribution >= 4 is 11.6 Å².